The van der Waals surface area contributed by atoms with Gasteiger partial charge in [-0.3, -0.25) is 4.79 Å². The molecule has 1 aliphatic rings. The Hall–Kier alpha value is -3.36. The number of aromatic amines is 1. The van der Waals surface area contributed by atoms with Crippen LogP contribution in [0.3, 0.4) is 0 Å². The summed E-state index contributed by atoms with van der Waals surface area (Å²) in [5.74, 6) is -0.0249. The third kappa shape index (κ3) is 4.43. The van der Waals surface area contributed by atoms with E-state index in [1.807, 2.05) is 4.90 Å². The van der Waals surface area contributed by atoms with Crippen LogP contribution in [0.15, 0.2) is 41.5 Å². The summed E-state index contributed by atoms with van der Waals surface area (Å²) < 4.78 is 4.93. The number of hydrogen-bond donors (Lipinski definition) is 2. The summed E-state index contributed by atoms with van der Waals surface area (Å²) in [6.45, 7) is 4.06. The number of piperazine rings is 1. The minimum Gasteiger partial charge on any atom is -0.462 e. The normalized spacial score (nSPS) is 14.0. The van der Waals surface area contributed by atoms with Gasteiger partial charge in [0.25, 0.3) is 5.56 Å². The average Bonchev–Trinajstić information content (AvgIpc) is 2.69. The van der Waals surface area contributed by atoms with Gasteiger partial charge in [-0.05, 0) is 31.2 Å². The van der Waals surface area contributed by atoms with Crippen molar-refractivity contribution in [2.24, 2.45) is 0 Å². The quantitative estimate of drug-likeness (QED) is 0.785. The van der Waals surface area contributed by atoms with Crippen LogP contribution in [0.4, 0.5) is 16.3 Å². The number of carbonyl (C=O) groups is 2. The molecule has 2 heterocycles. The van der Waals surface area contributed by atoms with Crippen LogP contribution in [0.1, 0.15) is 17.3 Å². The van der Waals surface area contributed by atoms with E-state index in [-0.39, 0.29) is 11.6 Å². The molecule has 0 atom stereocenters. The first-order valence-electron chi connectivity index (χ1n) is 8.70. The number of H-pyrrole nitrogens is 1. The number of aromatic nitrogens is 2. The number of carbonyl (C=O) groups excluding carboxylic acids is 2. The summed E-state index contributed by atoms with van der Waals surface area (Å²) in [7, 11) is 0. The van der Waals surface area contributed by atoms with Gasteiger partial charge in [0.05, 0.1) is 12.2 Å². The maximum absolute atomic E-state index is 12.4. The third-order valence-electron chi connectivity index (χ3n) is 4.20. The van der Waals surface area contributed by atoms with Gasteiger partial charge in [0.15, 0.2) is 5.82 Å². The number of ether oxygens (including phenoxy) is 1. The monoisotopic (exact) mass is 371 g/mol. The van der Waals surface area contributed by atoms with Crippen LogP contribution >= 0.6 is 0 Å². The highest BCUT2D eigenvalue weighted by molar-refractivity contribution is 5.92. The van der Waals surface area contributed by atoms with Gasteiger partial charge >= 0.3 is 12.0 Å². The zero-order chi connectivity index (χ0) is 19.2. The third-order valence-corrected chi connectivity index (χ3v) is 4.20. The smallest absolute Gasteiger partial charge is 0.338 e. The number of amides is 2. The van der Waals surface area contributed by atoms with E-state index in [2.05, 4.69) is 15.3 Å². The van der Waals surface area contributed by atoms with Crippen LogP contribution in [0.2, 0.25) is 0 Å². The van der Waals surface area contributed by atoms with Crippen LogP contribution < -0.4 is 15.8 Å². The second-order valence-corrected chi connectivity index (χ2v) is 5.94. The fraction of sp³-hybridized carbons (Fsp3) is 0.333. The molecule has 1 aliphatic heterocycles. The maximum atomic E-state index is 12.4. The van der Waals surface area contributed by atoms with Gasteiger partial charge in [-0.1, -0.05) is 0 Å². The van der Waals surface area contributed by atoms with E-state index in [1.54, 1.807) is 36.1 Å². The minimum atomic E-state index is -0.393. The lowest BCUT2D eigenvalue weighted by molar-refractivity contribution is 0.0526. The Morgan fingerprint density at radius 1 is 1.19 bits per heavy atom. The zero-order valence-corrected chi connectivity index (χ0v) is 15.0. The number of nitrogens with zero attached hydrogens (tertiary/aromatic N) is 3. The maximum Gasteiger partial charge on any atom is 0.338 e. The first-order chi connectivity index (χ1) is 13.1. The van der Waals surface area contributed by atoms with Crippen molar-refractivity contribution < 1.29 is 14.3 Å². The largest absolute Gasteiger partial charge is 0.462 e. The molecule has 1 aromatic heterocycles. The van der Waals surface area contributed by atoms with E-state index in [4.69, 9.17) is 4.74 Å². The Kier molecular flexibility index (Phi) is 5.70. The van der Waals surface area contributed by atoms with E-state index >= 15 is 0 Å². The van der Waals surface area contributed by atoms with Crippen LogP contribution in [0.5, 0.6) is 0 Å². The Morgan fingerprint density at radius 2 is 1.89 bits per heavy atom. The summed E-state index contributed by atoms with van der Waals surface area (Å²) in [6.07, 6.45) is 3.03. The second kappa shape index (κ2) is 8.35. The van der Waals surface area contributed by atoms with E-state index in [1.165, 1.54) is 12.4 Å². The lowest BCUT2D eigenvalue weighted by Gasteiger charge is -2.34. The molecule has 9 heteroatoms. The van der Waals surface area contributed by atoms with Gasteiger partial charge in [-0.15, -0.1) is 0 Å². The Morgan fingerprint density at radius 3 is 2.52 bits per heavy atom. The van der Waals surface area contributed by atoms with Crippen LogP contribution in [0.25, 0.3) is 0 Å². The lowest BCUT2D eigenvalue weighted by atomic mass is 10.2. The van der Waals surface area contributed by atoms with E-state index in [0.29, 0.717) is 49.9 Å². The van der Waals surface area contributed by atoms with Crippen LogP contribution in [-0.2, 0) is 4.74 Å². The van der Waals surface area contributed by atoms with Crippen molar-refractivity contribution in [2.45, 2.75) is 6.92 Å². The molecule has 2 amide bonds. The summed E-state index contributed by atoms with van der Waals surface area (Å²) >= 11 is 0. The molecule has 1 aromatic carbocycles. The zero-order valence-electron chi connectivity index (χ0n) is 15.0. The molecule has 9 nitrogen and oxygen atoms in total. The van der Waals surface area contributed by atoms with Gasteiger partial charge in [0, 0.05) is 44.3 Å². The Labute approximate surface area is 156 Å². The van der Waals surface area contributed by atoms with Crippen molar-refractivity contribution in [3.05, 3.63) is 52.6 Å². The summed E-state index contributed by atoms with van der Waals surface area (Å²) in [6, 6.07) is 6.31. The highest BCUT2D eigenvalue weighted by atomic mass is 16.5. The summed E-state index contributed by atoms with van der Waals surface area (Å²) in [5, 5.41) is 2.81. The number of rotatable bonds is 4. The van der Waals surface area contributed by atoms with Crippen molar-refractivity contribution in [3.63, 3.8) is 0 Å². The Balaban J connectivity index is 1.54. The van der Waals surface area contributed by atoms with Gasteiger partial charge < -0.3 is 24.8 Å². The molecule has 0 unspecified atom stereocenters. The molecular formula is C18H21N5O4. The number of nitrogens with one attached hydrogen (secondary N) is 2. The molecular weight excluding hydrogens is 350 g/mol. The number of esters is 1. The van der Waals surface area contributed by atoms with Crippen molar-refractivity contribution in [1.82, 2.24) is 14.9 Å². The average molecular weight is 371 g/mol. The molecule has 0 spiro atoms. The van der Waals surface area contributed by atoms with Crippen molar-refractivity contribution in [1.29, 1.82) is 0 Å². The molecule has 2 aromatic rings. The molecule has 142 valence electrons. The molecule has 1 saturated heterocycles. The van der Waals surface area contributed by atoms with Crippen molar-refractivity contribution in [3.8, 4) is 0 Å². The fourth-order valence-corrected chi connectivity index (χ4v) is 2.80. The second-order valence-electron chi connectivity index (χ2n) is 5.94. The first-order valence-corrected chi connectivity index (χ1v) is 8.70. The number of anilines is 2. The van der Waals surface area contributed by atoms with Crippen LogP contribution in [-0.4, -0.2) is 59.7 Å². The molecule has 0 saturated carbocycles. The van der Waals surface area contributed by atoms with Gasteiger partial charge in [-0.25, -0.2) is 14.6 Å². The molecule has 1 fully saturated rings. The van der Waals surface area contributed by atoms with Crippen molar-refractivity contribution in [2.75, 3.05) is 43.0 Å². The topological polar surface area (TPSA) is 108 Å². The molecule has 0 aliphatic carbocycles. The number of urea groups is 1. The highest BCUT2D eigenvalue weighted by Crippen LogP contribution is 2.13. The summed E-state index contributed by atoms with van der Waals surface area (Å²) in [5.41, 5.74) is 0.790. The molecule has 2 N–H and O–H groups in total. The summed E-state index contributed by atoms with van der Waals surface area (Å²) in [4.78, 5) is 46.1. The number of hydrogen-bond acceptors (Lipinski definition) is 6. The molecule has 3 rings (SSSR count). The van der Waals surface area contributed by atoms with E-state index in [0.717, 1.165) is 0 Å². The van der Waals surface area contributed by atoms with Crippen molar-refractivity contribution >= 4 is 23.5 Å². The predicted octanol–water partition coefficient (Wildman–Crippen LogP) is 1.30. The van der Waals surface area contributed by atoms with E-state index in [9.17, 15) is 14.4 Å². The fourth-order valence-electron chi connectivity index (χ4n) is 2.80. The Bertz CT molecular complexity index is 857. The lowest BCUT2D eigenvalue weighted by Crippen LogP contribution is -2.51. The number of benzene rings is 1. The SMILES string of the molecule is CCOC(=O)c1ccc(NC(=O)N2CCN(c3ncc[nH]c3=O)CC2)cc1. The van der Waals surface area contributed by atoms with Gasteiger partial charge in [0.1, 0.15) is 0 Å². The van der Waals surface area contributed by atoms with Gasteiger partial charge in [-0.2, -0.15) is 0 Å². The molecule has 0 bridgehead atoms. The van der Waals surface area contributed by atoms with E-state index < -0.39 is 5.97 Å². The molecule has 0 radical (unpaired) electrons. The van der Waals surface area contributed by atoms with Gasteiger partial charge in [0.2, 0.25) is 0 Å². The standard InChI is InChI=1S/C18H21N5O4/c1-2-27-17(25)13-3-5-14(6-4-13)21-18(26)23-11-9-22(10-12-23)15-16(24)20-8-7-19-15/h3-8H,2,9-12H2,1H3,(H,20,24)(H,21,26). The predicted molar refractivity (Wildman–Crippen MR) is 100 cm³/mol. The first kappa shape index (κ1) is 18.4. The minimum absolute atomic E-state index is 0.228. The highest BCUT2D eigenvalue weighted by Gasteiger charge is 2.23. The van der Waals surface area contributed by atoms with Crippen LogP contribution in [0, 0.1) is 0 Å². The molecule has 27 heavy (non-hydrogen) atoms.